The molecule has 2 atom stereocenters. The molecule has 0 N–H and O–H groups in total. The molecule has 1 saturated heterocycles. The normalized spacial score (nSPS) is 29.1. The van der Waals surface area contributed by atoms with Gasteiger partial charge >= 0.3 is 0 Å². The van der Waals surface area contributed by atoms with Gasteiger partial charge in [-0.25, -0.2) is 0 Å². The Hall–Kier alpha value is -0.160. The Morgan fingerprint density at radius 2 is 1.00 bits per heavy atom. The molecule has 0 amide bonds. The van der Waals surface area contributed by atoms with Gasteiger partial charge in [-0.3, -0.25) is 0 Å². The fourth-order valence-corrected chi connectivity index (χ4v) is 4.83. The van der Waals surface area contributed by atoms with E-state index in [2.05, 4.69) is 0 Å². The van der Waals surface area contributed by atoms with E-state index in [-0.39, 0.29) is 12.6 Å². The van der Waals surface area contributed by atoms with Gasteiger partial charge in [0.1, 0.15) is 0 Å². The van der Waals surface area contributed by atoms with E-state index in [4.69, 9.17) is 18.9 Å². The molecule has 26 heavy (non-hydrogen) atoms. The highest BCUT2D eigenvalue weighted by molar-refractivity contribution is 4.67. The maximum absolute atomic E-state index is 5.96. The average molecular weight is 369 g/mol. The molecule has 2 aliphatic carbocycles. The number of ether oxygens (including phenoxy) is 4. The lowest BCUT2D eigenvalue weighted by atomic mass is 9.86. The molecule has 2 saturated carbocycles. The van der Waals surface area contributed by atoms with Crippen LogP contribution in [0, 0.1) is 11.8 Å². The molecule has 4 nitrogen and oxygen atoms in total. The summed E-state index contributed by atoms with van der Waals surface area (Å²) in [5.41, 5.74) is 0. The van der Waals surface area contributed by atoms with Gasteiger partial charge in [-0.1, -0.05) is 64.2 Å². The molecule has 4 heteroatoms. The minimum atomic E-state index is -0.343. The van der Waals surface area contributed by atoms with E-state index in [9.17, 15) is 0 Å². The lowest BCUT2D eigenvalue weighted by Gasteiger charge is -2.32. The predicted octanol–water partition coefficient (Wildman–Crippen LogP) is 5.44. The summed E-state index contributed by atoms with van der Waals surface area (Å²) in [7, 11) is 0. The van der Waals surface area contributed by atoms with Crippen LogP contribution in [0.25, 0.3) is 0 Å². The van der Waals surface area contributed by atoms with Crippen molar-refractivity contribution in [3.63, 3.8) is 0 Å². The van der Waals surface area contributed by atoms with Crippen LogP contribution >= 0.6 is 0 Å². The topological polar surface area (TPSA) is 36.9 Å². The van der Waals surface area contributed by atoms with Crippen LogP contribution in [0.2, 0.25) is 0 Å². The molecule has 152 valence electrons. The molecule has 1 aliphatic heterocycles. The number of hydrogen-bond donors (Lipinski definition) is 0. The quantitative estimate of drug-likeness (QED) is 0.481. The summed E-state index contributed by atoms with van der Waals surface area (Å²) in [6.45, 7) is 2.73. The maximum Gasteiger partial charge on any atom is 0.209 e. The first-order valence-corrected chi connectivity index (χ1v) is 11.4. The van der Waals surface area contributed by atoms with Gasteiger partial charge in [-0.2, -0.15) is 0 Å². The minimum Gasteiger partial charge on any atom is -0.348 e. The van der Waals surface area contributed by atoms with E-state index in [1.165, 1.54) is 77.0 Å². The number of hydrogen-bond acceptors (Lipinski definition) is 4. The third-order valence-electron chi connectivity index (χ3n) is 6.40. The van der Waals surface area contributed by atoms with Gasteiger partial charge in [-0.05, 0) is 37.5 Å². The molecule has 3 fully saturated rings. The summed E-state index contributed by atoms with van der Waals surface area (Å²) in [5.74, 6) is 1.84. The second kappa shape index (κ2) is 12.3. The molecular weight excluding hydrogens is 328 g/mol. The molecule has 0 aromatic heterocycles. The zero-order chi connectivity index (χ0) is 17.9. The molecule has 0 spiro atoms. The molecule has 0 bridgehead atoms. The first-order chi connectivity index (χ1) is 12.9. The zero-order valence-electron chi connectivity index (χ0n) is 16.7. The standard InChI is InChI=1S/C22H40O4/c1-3-9-19(10-4-1)13-7-15-23-21-22(26-18-17-25-21)24-16-8-14-20-11-5-2-6-12-20/h19-22H,1-18H2. The third kappa shape index (κ3) is 7.46. The van der Waals surface area contributed by atoms with Crippen LogP contribution < -0.4 is 0 Å². The Morgan fingerprint density at radius 3 is 1.42 bits per heavy atom. The fourth-order valence-electron chi connectivity index (χ4n) is 4.83. The first-order valence-electron chi connectivity index (χ1n) is 11.4. The second-order valence-electron chi connectivity index (χ2n) is 8.51. The van der Waals surface area contributed by atoms with Crippen molar-refractivity contribution in [1.29, 1.82) is 0 Å². The van der Waals surface area contributed by atoms with Crippen molar-refractivity contribution in [3.8, 4) is 0 Å². The molecule has 3 aliphatic rings. The Labute approximate surface area is 160 Å². The highest BCUT2D eigenvalue weighted by atomic mass is 16.8. The molecule has 1 heterocycles. The van der Waals surface area contributed by atoms with Crippen LogP contribution in [0.15, 0.2) is 0 Å². The van der Waals surface area contributed by atoms with Crippen molar-refractivity contribution in [2.75, 3.05) is 26.4 Å². The van der Waals surface area contributed by atoms with Crippen LogP contribution in [0.1, 0.15) is 89.9 Å². The van der Waals surface area contributed by atoms with E-state index >= 15 is 0 Å². The highest BCUT2D eigenvalue weighted by Crippen LogP contribution is 2.28. The van der Waals surface area contributed by atoms with Gasteiger partial charge in [-0.15, -0.1) is 0 Å². The minimum absolute atomic E-state index is 0.343. The summed E-state index contributed by atoms with van der Waals surface area (Å²) in [5, 5.41) is 0. The molecule has 0 aromatic carbocycles. The lowest BCUT2D eigenvalue weighted by Crippen LogP contribution is -2.42. The van der Waals surface area contributed by atoms with Crippen molar-refractivity contribution in [2.24, 2.45) is 11.8 Å². The third-order valence-corrected chi connectivity index (χ3v) is 6.40. The molecule has 0 radical (unpaired) electrons. The zero-order valence-corrected chi connectivity index (χ0v) is 16.7. The summed E-state index contributed by atoms with van der Waals surface area (Å²) < 4.78 is 23.4. The molecule has 2 unspecified atom stereocenters. The van der Waals surface area contributed by atoms with Crippen LogP contribution in [-0.4, -0.2) is 39.0 Å². The Bertz CT molecular complexity index is 316. The summed E-state index contributed by atoms with van der Waals surface area (Å²) in [6.07, 6.45) is 18.3. The van der Waals surface area contributed by atoms with Crippen molar-refractivity contribution in [2.45, 2.75) is 102 Å². The van der Waals surface area contributed by atoms with E-state index in [1.54, 1.807) is 0 Å². The van der Waals surface area contributed by atoms with E-state index in [1.807, 2.05) is 0 Å². The van der Waals surface area contributed by atoms with E-state index in [0.717, 1.165) is 37.9 Å². The summed E-state index contributed by atoms with van der Waals surface area (Å²) >= 11 is 0. The SMILES string of the molecule is C1CCC(CCCOC2OCCOC2OCCCC2CCCCC2)CC1. The van der Waals surface area contributed by atoms with Crippen molar-refractivity contribution < 1.29 is 18.9 Å². The van der Waals surface area contributed by atoms with Gasteiger partial charge in [0.05, 0.1) is 13.2 Å². The van der Waals surface area contributed by atoms with Gasteiger partial charge < -0.3 is 18.9 Å². The Kier molecular flexibility index (Phi) is 9.75. The molecule has 0 aromatic rings. The number of rotatable bonds is 10. The van der Waals surface area contributed by atoms with E-state index < -0.39 is 0 Å². The van der Waals surface area contributed by atoms with Gasteiger partial charge in [0.25, 0.3) is 0 Å². The molecule has 3 rings (SSSR count). The van der Waals surface area contributed by atoms with Crippen LogP contribution in [0.4, 0.5) is 0 Å². The average Bonchev–Trinajstić information content (AvgIpc) is 2.71. The van der Waals surface area contributed by atoms with Crippen LogP contribution in [-0.2, 0) is 18.9 Å². The van der Waals surface area contributed by atoms with Gasteiger partial charge in [0.2, 0.25) is 12.6 Å². The van der Waals surface area contributed by atoms with Crippen molar-refractivity contribution >= 4 is 0 Å². The second-order valence-corrected chi connectivity index (χ2v) is 8.51. The molecular formula is C22H40O4. The van der Waals surface area contributed by atoms with E-state index in [0.29, 0.717) is 13.2 Å². The highest BCUT2D eigenvalue weighted by Gasteiger charge is 2.28. The largest absolute Gasteiger partial charge is 0.348 e. The van der Waals surface area contributed by atoms with Gasteiger partial charge in [0, 0.05) is 13.2 Å². The maximum atomic E-state index is 5.96. The van der Waals surface area contributed by atoms with Gasteiger partial charge in [0.15, 0.2) is 0 Å². The van der Waals surface area contributed by atoms with Crippen molar-refractivity contribution in [3.05, 3.63) is 0 Å². The lowest BCUT2D eigenvalue weighted by molar-refractivity contribution is -0.320. The fraction of sp³-hybridized carbons (Fsp3) is 1.00. The summed E-state index contributed by atoms with van der Waals surface area (Å²) in [6, 6.07) is 0. The Morgan fingerprint density at radius 1 is 0.577 bits per heavy atom. The Balaban J connectivity index is 1.25. The summed E-state index contributed by atoms with van der Waals surface area (Å²) in [4.78, 5) is 0. The smallest absolute Gasteiger partial charge is 0.209 e. The van der Waals surface area contributed by atoms with Crippen LogP contribution in [0.5, 0.6) is 0 Å². The van der Waals surface area contributed by atoms with Crippen molar-refractivity contribution in [1.82, 2.24) is 0 Å². The monoisotopic (exact) mass is 368 g/mol. The first kappa shape index (κ1) is 20.6. The predicted molar refractivity (Wildman–Crippen MR) is 103 cm³/mol. The van der Waals surface area contributed by atoms with Crippen LogP contribution in [0.3, 0.4) is 0 Å².